The molecular weight excluding hydrogens is 446 g/mol. The Bertz CT molecular complexity index is 1260. The molecule has 2 aromatic heterocycles. The number of fused-ring (bicyclic) bond motifs is 1. The van der Waals surface area contributed by atoms with E-state index in [0.717, 1.165) is 61.7 Å². The van der Waals surface area contributed by atoms with Gasteiger partial charge in [0.25, 0.3) is 5.91 Å². The Morgan fingerprint density at radius 3 is 2.59 bits per heavy atom. The molecule has 5 rings (SSSR count). The van der Waals surface area contributed by atoms with Crippen LogP contribution in [0.3, 0.4) is 0 Å². The minimum Gasteiger partial charge on any atom is -0.352 e. The normalized spacial score (nSPS) is 14.4. The minimum atomic E-state index is -0.105. The highest BCUT2D eigenvalue weighted by molar-refractivity contribution is 7.77. The second-order valence-electron chi connectivity index (χ2n) is 8.32. The number of piperazine rings is 1. The van der Waals surface area contributed by atoms with Crippen molar-refractivity contribution in [1.82, 2.24) is 29.1 Å². The second kappa shape index (κ2) is 10.2. The van der Waals surface area contributed by atoms with Gasteiger partial charge < -0.3 is 14.8 Å². The van der Waals surface area contributed by atoms with Crippen LogP contribution < -0.4 is 10.2 Å². The molecule has 1 amide bonds. The molecule has 1 aliphatic heterocycles. The fourth-order valence-electron chi connectivity index (χ4n) is 4.09. The molecular formula is C25H27N7OS. The lowest BCUT2D eigenvalue weighted by atomic mass is 10.1. The summed E-state index contributed by atoms with van der Waals surface area (Å²) >= 11 is 4.48. The number of aromatic nitrogens is 4. The number of hydrogen-bond acceptors (Lipinski definition) is 7. The fraction of sp³-hybridized carbons (Fsp3) is 0.280. The fourth-order valence-corrected chi connectivity index (χ4v) is 4.27. The topological polar surface area (TPSA) is 79.2 Å². The Balaban J connectivity index is 1.39. The summed E-state index contributed by atoms with van der Waals surface area (Å²) in [5.41, 5.74) is 3.96. The molecule has 1 fully saturated rings. The van der Waals surface area contributed by atoms with E-state index < -0.39 is 0 Å². The van der Waals surface area contributed by atoms with Crippen molar-refractivity contribution in [2.24, 2.45) is 0 Å². The molecule has 1 aliphatic rings. The molecule has 1 saturated heterocycles. The van der Waals surface area contributed by atoms with E-state index >= 15 is 0 Å². The largest absolute Gasteiger partial charge is 0.352 e. The zero-order chi connectivity index (χ0) is 23.3. The van der Waals surface area contributed by atoms with E-state index in [2.05, 4.69) is 40.1 Å². The Morgan fingerprint density at radius 1 is 1.00 bits per heavy atom. The molecule has 0 spiro atoms. The molecule has 174 valence electrons. The van der Waals surface area contributed by atoms with Crippen LogP contribution in [-0.4, -0.2) is 62.5 Å². The molecule has 3 heterocycles. The smallest absolute Gasteiger partial charge is 0.251 e. The zero-order valence-corrected chi connectivity index (χ0v) is 19.7. The lowest BCUT2D eigenvalue weighted by molar-refractivity contribution is 0.0953. The van der Waals surface area contributed by atoms with Gasteiger partial charge in [-0.1, -0.05) is 43.1 Å². The Labute approximate surface area is 204 Å². The van der Waals surface area contributed by atoms with Crippen molar-refractivity contribution in [1.29, 1.82) is 0 Å². The number of amides is 1. The number of hydrogen-bond donors (Lipinski definition) is 2. The number of benzene rings is 2. The van der Waals surface area contributed by atoms with E-state index in [9.17, 15) is 4.79 Å². The van der Waals surface area contributed by atoms with Crippen LogP contribution in [0.25, 0.3) is 22.3 Å². The van der Waals surface area contributed by atoms with Crippen molar-refractivity contribution in [3.8, 4) is 11.3 Å². The van der Waals surface area contributed by atoms with E-state index in [1.54, 1.807) is 12.5 Å². The van der Waals surface area contributed by atoms with Gasteiger partial charge in [0, 0.05) is 62.8 Å². The van der Waals surface area contributed by atoms with Crippen LogP contribution in [-0.2, 0) is 6.54 Å². The lowest BCUT2D eigenvalue weighted by Gasteiger charge is -2.33. The maximum absolute atomic E-state index is 12.8. The third-order valence-electron chi connectivity index (χ3n) is 5.95. The van der Waals surface area contributed by atoms with Crippen LogP contribution in [0.2, 0.25) is 0 Å². The first-order valence-electron chi connectivity index (χ1n) is 11.5. The molecule has 0 unspecified atom stereocenters. The number of carbonyl (C=O) groups is 1. The standard InChI is InChI=1S/C25H27N7OS/c33-25(27-9-4-11-30-12-10-26-18-30)20-7-8-21-22(17-20)29-24(31-13-15-32(34)16-14-31)23(28-21)19-5-2-1-3-6-19/h1-3,5-8,10,12,17-18,34H,4,9,11,13-16H2,(H,27,33). The van der Waals surface area contributed by atoms with Gasteiger partial charge in [0.2, 0.25) is 0 Å². The Hall–Kier alpha value is -3.43. The first-order valence-corrected chi connectivity index (χ1v) is 11.9. The Kier molecular flexibility index (Phi) is 6.73. The second-order valence-corrected chi connectivity index (χ2v) is 8.88. The van der Waals surface area contributed by atoms with E-state index in [0.29, 0.717) is 17.6 Å². The monoisotopic (exact) mass is 473 g/mol. The lowest BCUT2D eigenvalue weighted by Crippen LogP contribution is -2.43. The molecule has 0 atom stereocenters. The van der Waals surface area contributed by atoms with Crippen LogP contribution in [0, 0.1) is 0 Å². The quantitative estimate of drug-likeness (QED) is 0.317. The molecule has 4 aromatic rings. The number of anilines is 1. The van der Waals surface area contributed by atoms with Crippen LogP contribution >= 0.6 is 12.8 Å². The van der Waals surface area contributed by atoms with Gasteiger partial charge in [0.1, 0.15) is 5.69 Å². The highest BCUT2D eigenvalue weighted by Gasteiger charge is 2.21. The molecule has 8 nitrogen and oxygen atoms in total. The van der Waals surface area contributed by atoms with Crippen molar-refractivity contribution in [3.63, 3.8) is 0 Å². The molecule has 0 bridgehead atoms. The summed E-state index contributed by atoms with van der Waals surface area (Å²) in [6.07, 6.45) is 6.28. The van der Waals surface area contributed by atoms with Crippen LogP contribution in [0.5, 0.6) is 0 Å². The van der Waals surface area contributed by atoms with Gasteiger partial charge in [0.15, 0.2) is 5.82 Å². The van der Waals surface area contributed by atoms with Crippen molar-refractivity contribution >= 4 is 35.6 Å². The molecule has 0 aliphatic carbocycles. The van der Waals surface area contributed by atoms with Crippen molar-refractivity contribution < 1.29 is 4.79 Å². The summed E-state index contributed by atoms with van der Waals surface area (Å²) in [6, 6.07) is 15.7. The van der Waals surface area contributed by atoms with Gasteiger partial charge in [-0.25, -0.2) is 19.3 Å². The van der Waals surface area contributed by atoms with Crippen molar-refractivity contribution in [3.05, 3.63) is 72.8 Å². The van der Waals surface area contributed by atoms with Crippen LogP contribution in [0.1, 0.15) is 16.8 Å². The van der Waals surface area contributed by atoms with Gasteiger partial charge in [-0.2, -0.15) is 0 Å². The molecule has 2 aromatic carbocycles. The van der Waals surface area contributed by atoms with Gasteiger partial charge in [0.05, 0.1) is 17.4 Å². The number of aryl methyl sites for hydroxylation is 1. The van der Waals surface area contributed by atoms with Gasteiger partial charge in [-0.05, 0) is 24.6 Å². The average Bonchev–Trinajstić information content (AvgIpc) is 3.40. The maximum atomic E-state index is 12.8. The number of carbonyl (C=O) groups excluding carboxylic acids is 1. The highest BCUT2D eigenvalue weighted by Crippen LogP contribution is 2.30. The number of thiol groups is 1. The third kappa shape index (κ3) is 5.05. The Morgan fingerprint density at radius 2 is 1.82 bits per heavy atom. The summed E-state index contributed by atoms with van der Waals surface area (Å²) in [7, 11) is 0. The molecule has 1 N–H and O–H groups in total. The summed E-state index contributed by atoms with van der Waals surface area (Å²) in [5, 5.41) is 3.00. The summed E-state index contributed by atoms with van der Waals surface area (Å²) < 4.78 is 4.01. The maximum Gasteiger partial charge on any atom is 0.251 e. The molecule has 0 saturated carbocycles. The van der Waals surface area contributed by atoms with E-state index in [1.165, 1.54) is 0 Å². The van der Waals surface area contributed by atoms with Crippen molar-refractivity contribution in [2.75, 3.05) is 37.6 Å². The minimum absolute atomic E-state index is 0.105. The first kappa shape index (κ1) is 22.4. The number of imidazole rings is 1. The summed E-state index contributed by atoms with van der Waals surface area (Å²) in [6.45, 7) is 4.74. The van der Waals surface area contributed by atoms with Gasteiger partial charge >= 0.3 is 0 Å². The van der Waals surface area contributed by atoms with E-state index in [-0.39, 0.29) is 5.91 Å². The molecule has 0 radical (unpaired) electrons. The number of rotatable bonds is 7. The van der Waals surface area contributed by atoms with Crippen LogP contribution in [0.15, 0.2) is 67.3 Å². The first-order chi connectivity index (χ1) is 16.7. The van der Waals surface area contributed by atoms with E-state index in [4.69, 9.17) is 9.97 Å². The van der Waals surface area contributed by atoms with Crippen molar-refractivity contribution in [2.45, 2.75) is 13.0 Å². The predicted octanol–water partition coefficient (Wildman–Crippen LogP) is 3.28. The summed E-state index contributed by atoms with van der Waals surface area (Å²) in [5.74, 6) is 0.740. The van der Waals surface area contributed by atoms with Gasteiger partial charge in [-0.3, -0.25) is 4.79 Å². The predicted molar refractivity (Wildman–Crippen MR) is 137 cm³/mol. The summed E-state index contributed by atoms with van der Waals surface area (Å²) in [4.78, 5) is 29.0. The molecule has 9 heteroatoms. The van der Waals surface area contributed by atoms with Crippen LogP contribution in [0.4, 0.5) is 5.82 Å². The van der Waals surface area contributed by atoms with Gasteiger partial charge in [-0.15, -0.1) is 0 Å². The average molecular weight is 474 g/mol. The SMILES string of the molecule is O=C(NCCCn1ccnc1)c1ccc2nc(-c3ccccc3)c(N3CCN(S)CC3)nc2c1. The van der Waals surface area contributed by atoms with E-state index in [1.807, 2.05) is 51.5 Å². The zero-order valence-electron chi connectivity index (χ0n) is 18.8. The number of nitrogens with zero attached hydrogens (tertiary/aromatic N) is 6. The highest BCUT2D eigenvalue weighted by atomic mass is 32.1. The number of nitrogens with one attached hydrogen (secondary N) is 1. The third-order valence-corrected chi connectivity index (χ3v) is 6.35. The molecule has 34 heavy (non-hydrogen) atoms.